The molecule has 0 heterocycles. The van der Waals surface area contributed by atoms with Gasteiger partial charge in [0.25, 0.3) is 10.1 Å². The van der Waals surface area contributed by atoms with Crippen LogP contribution in [0.3, 0.4) is 0 Å². The van der Waals surface area contributed by atoms with Gasteiger partial charge in [-0.2, -0.15) is 13.7 Å². The molecular formula is C4H7NO3S. The Morgan fingerprint density at radius 1 is 1.67 bits per heavy atom. The predicted octanol–water partition coefficient (Wildman–Crippen LogP) is -0.124. The van der Waals surface area contributed by atoms with Crippen LogP contribution >= 0.6 is 0 Å². The molecule has 0 aromatic rings. The molecule has 0 spiro atoms. The highest BCUT2D eigenvalue weighted by atomic mass is 32.2. The quantitative estimate of drug-likeness (QED) is 0.524. The molecule has 0 saturated heterocycles. The summed E-state index contributed by atoms with van der Waals surface area (Å²) in [7, 11) is -3.54. The summed E-state index contributed by atoms with van der Waals surface area (Å²) in [5, 5.41) is 7.92. The topological polar surface area (TPSA) is 67.2 Å². The molecule has 0 atom stereocenters. The predicted molar refractivity (Wildman–Crippen MR) is 31.0 cm³/mol. The van der Waals surface area contributed by atoms with Crippen molar-refractivity contribution in [2.45, 2.75) is 6.92 Å². The van der Waals surface area contributed by atoms with Crippen LogP contribution < -0.4 is 0 Å². The van der Waals surface area contributed by atoms with Crippen LogP contribution in [0.1, 0.15) is 6.92 Å². The van der Waals surface area contributed by atoms with Crippen molar-refractivity contribution in [1.29, 1.82) is 5.26 Å². The van der Waals surface area contributed by atoms with Crippen molar-refractivity contribution in [2.24, 2.45) is 0 Å². The first-order chi connectivity index (χ1) is 4.12. The van der Waals surface area contributed by atoms with Gasteiger partial charge in [0.1, 0.15) is 0 Å². The summed E-state index contributed by atoms with van der Waals surface area (Å²) in [5.74, 6) is -0.569. The van der Waals surface area contributed by atoms with Crippen molar-refractivity contribution >= 4 is 10.1 Å². The third-order valence-electron chi connectivity index (χ3n) is 0.539. The highest BCUT2D eigenvalue weighted by molar-refractivity contribution is 7.86. The highest BCUT2D eigenvalue weighted by Gasteiger charge is 2.06. The van der Waals surface area contributed by atoms with Crippen molar-refractivity contribution in [3.05, 3.63) is 0 Å². The molecule has 52 valence electrons. The Balaban J connectivity index is 3.93. The van der Waals surface area contributed by atoms with Crippen molar-refractivity contribution in [1.82, 2.24) is 0 Å². The fourth-order valence-corrected chi connectivity index (χ4v) is 0.901. The summed E-state index contributed by atoms with van der Waals surface area (Å²) in [6, 6.07) is 1.48. The van der Waals surface area contributed by atoms with Gasteiger partial charge >= 0.3 is 0 Å². The molecule has 0 saturated carbocycles. The van der Waals surface area contributed by atoms with E-state index in [1.54, 1.807) is 6.92 Å². The zero-order valence-electron chi connectivity index (χ0n) is 4.99. The van der Waals surface area contributed by atoms with Crippen molar-refractivity contribution in [3.8, 4) is 6.07 Å². The van der Waals surface area contributed by atoms with Gasteiger partial charge in [-0.1, -0.05) is 0 Å². The average molecular weight is 149 g/mol. The fourth-order valence-electron chi connectivity index (χ4n) is 0.300. The van der Waals surface area contributed by atoms with Crippen LogP contribution in [-0.4, -0.2) is 20.8 Å². The molecular weight excluding hydrogens is 142 g/mol. The van der Waals surface area contributed by atoms with Crippen LogP contribution in [0, 0.1) is 11.3 Å². The standard InChI is InChI=1S/C4H7NO3S/c1-2-8-9(6,7)4-3-5/h2,4H2,1H3. The molecule has 0 N–H and O–H groups in total. The van der Waals surface area contributed by atoms with Crippen LogP contribution in [0.15, 0.2) is 0 Å². The summed E-state index contributed by atoms with van der Waals surface area (Å²) in [4.78, 5) is 0. The largest absolute Gasteiger partial charge is 0.280 e. The number of rotatable bonds is 3. The van der Waals surface area contributed by atoms with E-state index < -0.39 is 15.9 Å². The minimum absolute atomic E-state index is 0.0873. The molecule has 9 heavy (non-hydrogen) atoms. The van der Waals surface area contributed by atoms with Gasteiger partial charge < -0.3 is 0 Å². The molecule has 0 aliphatic rings. The average Bonchev–Trinajstić information content (AvgIpc) is 1.64. The van der Waals surface area contributed by atoms with Gasteiger partial charge in [-0.15, -0.1) is 0 Å². The minimum Gasteiger partial charge on any atom is -0.270 e. The zero-order valence-corrected chi connectivity index (χ0v) is 5.81. The highest BCUT2D eigenvalue weighted by Crippen LogP contribution is 1.89. The van der Waals surface area contributed by atoms with Crippen LogP contribution in [0.4, 0.5) is 0 Å². The van der Waals surface area contributed by atoms with Crippen molar-refractivity contribution in [2.75, 3.05) is 12.4 Å². The first-order valence-corrected chi connectivity index (χ1v) is 3.94. The Bertz CT molecular complexity index is 200. The van der Waals surface area contributed by atoms with Crippen LogP contribution in [0.25, 0.3) is 0 Å². The van der Waals surface area contributed by atoms with Gasteiger partial charge in [-0.25, -0.2) is 0 Å². The maximum absolute atomic E-state index is 10.4. The van der Waals surface area contributed by atoms with E-state index >= 15 is 0 Å². The summed E-state index contributed by atoms with van der Waals surface area (Å²) in [6.45, 7) is 1.64. The maximum Gasteiger partial charge on any atom is 0.280 e. The summed E-state index contributed by atoms with van der Waals surface area (Å²) in [6.07, 6.45) is 0. The van der Waals surface area contributed by atoms with Crippen LogP contribution in [-0.2, 0) is 14.3 Å². The van der Waals surface area contributed by atoms with Gasteiger partial charge in [0.05, 0.1) is 12.7 Å². The first kappa shape index (κ1) is 8.40. The molecule has 0 aliphatic carbocycles. The Labute approximate surface area is 54.2 Å². The lowest BCUT2D eigenvalue weighted by Crippen LogP contribution is -2.08. The second-order valence-electron chi connectivity index (χ2n) is 1.27. The van der Waals surface area contributed by atoms with E-state index in [-0.39, 0.29) is 6.61 Å². The smallest absolute Gasteiger partial charge is 0.270 e. The molecule has 0 amide bonds. The summed E-state index contributed by atoms with van der Waals surface area (Å²) >= 11 is 0. The van der Waals surface area contributed by atoms with Gasteiger partial charge in [-0.05, 0) is 6.92 Å². The molecule has 5 heteroatoms. The van der Waals surface area contributed by atoms with Gasteiger partial charge in [-0.3, -0.25) is 4.18 Å². The lowest BCUT2D eigenvalue weighted by molar-refractivity contribution is 0.340. The Hall–Kier alpha value is -0.600. The Kier molecular flexibility index (Phi) is 3.20. The third kappa shape index (κ3) is 3.94. The van der Waals surface area contributed by atoms with E-state index in [9.17, 15) is 8.42 Å². The lowest BCUT2D eigenvalue weighted by atomic mass is 10.9. The summed E-state index contributed by atoms with van der Waals surface area (Å²) in [5.41, 5.74) is 0. The lowest BCUT2D eigenvalue weighted by Gasteiger charge is -1.94. The van der Waals surface area contributed by atoms with Crippen molar-refractivity contribution < 1.29 is 12.6 Å². The zero-order chi connectivity index (χ0) is 7.33. The van der Waals surface area contributed by atoms with E-state index in [1.807, 2.05) is 0 Å². The van der Waals surface area contributed by atoms with E-state index in [4.69, 9.17) is 5.26 Å². The number of nitriles is 1. The molecule has 0 aromatic carbocycles. The molecule has 0 aromatic heterocycles. The fraction of sp³-hybridized carbons (Fsp3) is 0.750. The molecule has 4 nitrogen and oxygen atoms in total. The van der Waals surface area contributed by atoms with Crippen LogP contribution in [0.2, 0.25) is 0 Å². The van der Waals surface area contributed by atoms with E-state index in [1.165, 1.54) is 6.07 Å². The number of hydrogen-bond acceptors (Lipinski definition) is 4. The van der Waals surface area contributed by atoms with Gasteiger partial charge in [0.2, 0.25) is 0 Å². The first-order valence-electron chi connectivity index (χ1n) is 2.36. The van der Waals surface area contributed by atoms with Crippen LogP contribution in [0.5, 0.6) is 0 Å². The maximum atomic E-state index is 10.4. The van der Waals surface area contributed by atoms with E-state index in [0.717, 1.165) is 0 Å². The third-order valence-corrected chi connectivity index (χ3v) is 1.62. The normalized spacial score (nSPS) is 10.7. The second-order valence-corrected chi connectivity index (χ2v) is 2.91. The number of hydrogen-bond donors (Lipinski definition) is 0. The molecule has 0 bridgehead atoms. The molecule has 0 radical (unpaired) electrons. The minimum atomic E-state index is -3.54. The summed E-state index contributed by atoms with van der Waals surface area (Å²) < 4.78 is 25.0. The van der Waals surface area contributed by atoms with Crippen molar-refractivity contribution in [3.63, 3.8) is 0 Å². The number of nitrogens with zero attached hydrogens (tertiary/aromatic N) is 1. The van der Waals surface area contributed by atoms with Gasteiger partial charge in [0.15, 0.2) is 5.75 Å². The Morgan fingerprint density at radius 2 is 2.22 bits per heavy atom. The molecule has 0 fully saturated rings. The van der Waals surface area contributed by atoms with Gasteiger partial charge in [0, 0.05) is 0 Å². The molecule has 0 aliphatic heterocycles. The Morgan fingerprint density at radius 3 is 2.56 bits per heavy atom. The van der Waals surface area contributed by atoms with E-state index in [0.29, 0.717) is 0 Å². The van der Waals surface area contributed by atoms with E-state index in [2.05, 4.69) is 4.18 Å². The SMILES string of the molecule is CCOS(=O)(=O)CC#N. The molecule has 0 rings (SSSR count). The molecule has 0 unspecified atom stereocenters. The second kappa shape index (κ2) is 3.43. The monoisotopic (exact) mass is 149 g/mol.